The predicted molar refractivity (Wildman–Crippen MR) is 79.3 cm³/mol. The molecule has 20 heavy (non-hydrogen) atoms. The molecule has 0 atom stereocenters. The minimum atomic E-state index is -0.411. The second-order valence-electron chi connectivity index (χ2n) is 4.97. The number of benzene rings is 2. The maximum Gasteiger partial charge on any atom is 0.250 e. The Kier molecular flexibility index (Phi) is 3.39. The van der Waals surface area contributed by atoms with Gasteiger partial charge < -0.3 is 16.4 Å². The van der Waals surface area contributed by atoms with Crippen molar-refractivity contribution in [3.63, 3.8) is 0 Å². The van der Waals surface area contributed by atoms with E-state index in [4.69, 9.17) is 5.73 Å². The molecule has 102 valence electrons. The molecule has 0 bridgehead atoms. The quantitative estimate of drug-likeness (QED) is 0.793. The first-order valence-electron chi connectivity index (χ1n) is 6.68. The van der Waals surface area contributed by atoms with E-state index in [1.54, 1.807) is 6.07 Å². The summed E-state index contributed by atoms with van der Waals surface area (Å²) in [5.74, 6) is -0.411. The first-order chi connectivity index (χ1) is 9.74. The van der Waals surface area contributed by atoms with Crippen molar-refractivity contribution in [2.45, 2.75) is 19.6 Å². The standard InChI is InChI=1S/C16H17N3O/c17-16(20)14-3-1-2-4-15(14)19-8-11-5-6-12-9-18-10-13(12)7-11/h1-7,18-19H,8-10H2,(H2,17,20). The highest BCUT2D eigenvalue weighted by Crippen LogP contribution is 2.19. The van der Waals surface area contributed by atoms with Crippen LogP contribution in [0.1, 0.15) is 27.0 Å². The molecule has 0 saturated carbocycles. The molecule has 0 saturated heterocycles. The van der Waals surface area contributed by atoms with Crippen LogP contribution in [0.25, 0.3) is 0 Å². The lowest BCUT2D eigenvalue weighted by Crippen LogP contribution is -2.14. The van der Waals surface area contributed by atoms with E-state index >= 15 is 0 Å². The zero-order valence-corrected chi connectivity index (χ0v) is 11.1. The summed E-state index contributed by atoms with van der Waals surface area (Å²) in [6, 6.07) is 13.8. The van der Waals surface area contributed by atoms with Crippen molar-refractivity contribution >= 4 is 11.6 Å². The van der Waals surface area contributed by atoms with Crippen LogP contribution >= 0.6 is 0 Å². The number of amides is 1. The lowest BCUT2D eigenvalue weighted by atomic mass is 10.1. The molecule has 0 unspecified atom stereocenters. The van der Waals surface area contributed by atoms with Crippen LogP contribution in [0, 0.1) is 0 Å². The molecule has 2 aromatic rings. The highest BCUT2D eigenvalue weighted by molar-refractivity contribution is 5.98. The summed E-state index contributed by atoms with van der Waals surface area (Å²) in [4.78, 5) is 11.4. The van der Waals surface area contributed by atoms with Gasteiger partial charge in [0, 0.05) is 25.3 Å². The Morgan fingerprint density at radius 1 is 1.15 bits per heavy atom. The van der Waals surface area contributed by atoms with Gasteiger partial charge in [0.15, 0.2) is 0 Å². The van der Waals surface area contributed by atoms with Crippen LogP contribution in [-0.2, 0) is 19.6 Å². The molecule has 0 fully saturated rings. The van der Waals surface area contributed by atoms with Gasteiger partial charge in [0.05, 0.1) is 5.56 Å². The monoisotopic (exact) mass is 267 g/mol. The molecule has 1 amide bonds. The fourth-order valence-electron chi connectivity index (χ4n) is 2.51. The summed E-state index contributed by atoms with van der Waals surface area (Å²) >= 11 is 0. The van der Waals surface area contributed by atoms with Crippen LogP contribution in [0.5, 0.6) is 0 Å². The van der Waals surface area contributed by atoms with Crippen molar-refractivity contribution in [1.29, 1.82) is 0 Å². The Balaban J connectivity index is 1.75. The average Bonchev–Trinajstić information content (AvgIpc) is 2.92. The van der Waals surface area contributed by atoms with Gasteiger partial charge in [-0.2, -0.15) is 0 Å². The average molecular weight is 267 g/mol. The van der Waals surface area contributed by atoms with Crippen LogP contribution in [0.15, 0.2) is 42.5 Å². The molecule has 4 N–H and O–H groups in total. The number of hydrogen-bond donors (Lipinski definition) is 3. The van der Waals surface area contributed by atoms with Gasteiger partial charge in [0.2, 0.25) is 0 Å². The Bertz CT molecular complexity index is 652. The van der Waals surface area contributed by atoms with E-state index in [1.165, 1.54) is 16.7 Å². The third-order valence-corrected chi connectivity index (χ3v) is 3.58. The van der Waals surface area contributed by atoms with E-state index < -0.39 is 5.91 Å². The van der Waals surface area contributed by atoms with Crippen LogP contribution in [0.2, 0.25) is 0 Å². The summed E-state index contributed by atoms with van der Waals surface area (Å²) < 4.78 is 0. The zero-order valence-electron chi connectivity index (χ0n) is 11.1. The SMILES string of the molecule is NC(=O)c1ccccc1NCc1ccc2c(c1)CNC2. The van der Waals surface area contributed by atoms with Crippen molar-refractivity contribution in [1.82, 2.24) is 5.32 Å². The number of hydrogen-bond acceptors (Lipinski definition) is 3. The number of fused-ring (bicyclic) bond motifs is 1. The zero-order chi connectivity index (χ0) is 13.9. The van der Waals surface area contributed by atoms with Gasteiger partial charge >= 0.3 is 0 Å². The van der Waals surface area contributed by atoms with Crippen LogP contribution in [-0.4, -0.2) is 5.91 Å². The molecule has 0 aliphatic carbocycles. The number of anilines is 1. The molecule has 0 aromatic heterocycles. The first-order valence-corrected chi connectivity index (χ1v) is 6.68. The number of primary amides is 1. The van der Waals surface area contributed by atoms with Crippen molar-refractivity contribution in [3.8, 4) is 0 Å². The Hall–Kier alpha value is -2.33. The smallest absolute Gasteiger partial charge is 0.250 e. The van der Waals surface area contributed by atoms with Crippen LogP contribution < -0.4 is 16.4 Å². The lowest BCUT2D eigenvalue weighted by Gasteiger charge is -2.10. The highest BCUT2D eigenvalue weighted by Gasteiger charge is 2.10. The predicted octanol–water partition coefficient (Wildman–Crippen LogP) is 2.00. The van der Waals surface area contributed by atoms with Gasteiger partial charge in [-0.3, -0.25) is 4.79 Å². The normalized spacial score (nSPS) is 13.0. The van der Waals surface area contributed by atoms with Gasteiger partial charge in [-0.25, -0.2) is 0 Å². The van der Waals surface area contributed by atoms with E-state index in [9.17, 15) is 4.79 Å². The van der Waals surface area contributed by atoms with Crippen LogP contribution in [0.3, 0.4) is 0 Å². The number of nitrogens with one attached hydrogen (secondary N) is 2. The van der Waals surface area contributed by atoms with Gasteiger partial charge in [0.25, 0.3) is 5.91 Å². The Morgan fingerprint density at radius 2 is 1.95 bits per heavy atom. The van der Waals surface area contributed by atoms with E-state index in [-0.39, 0.29) is 0 Å². The first kappa shape index (κ1) is 12.7. The summed E-state index contributed by atoms with van der Waals surface area (Å²) in [6.07, 6.45) is 0. The maximum absolute atomic E-state index is 11.4. The maximum atomic E-state index is 11.4. The van der Waals surface area contributed by atoms with Crippen LogP contribution in [0.4, 0.5) is 5.69 Å². The third-order valence-electron chi connectivity index (χ3n) is 3.58. The van der Waals surface area contributed by atoms with E-state index in [0.717, 1.165) is 18.8 Å². The number of carbonyl (C=O) groups is 1. The molecule has 1 aliphatic heterocycles. The van der Waals surface area contributed by atoms with Crippen molar-refractivity contribution in [3.05, 3.63) is 64.7 Å². The van der Waals surface area contributed by atoms with E-state index in [0.29, 0.717) is 12.1 Å². The van der Waals surface area contributed by atoms with E-state index in [1.807, 2.05) is 18.2 Å². The fourth-order valence-corrected chi connectivity index (χ4v) is 2.51. The van der Waals surface area contributed by atoms with Gasteiger partial charge in [0.1, 0.15) is 0 Å². The van der Waals surface area contributed by atoms with Gasteiger partial charge in [-0.15, -0.1) is 0 Å². The molecule has 3 rings (SSSR count). The molecule has 1 aliphatic rings. The number of nitrogens with two attached hydrogens (primary N) is 1. The molecule has 4 heteroatoms. The highest BCUT2D eigenvalue weighted by atomic mass is 16.1. The van der Waals surface area contributed by atoms with Gasteiger partial charge in [-0.05, 0) is 28.8 Å². The summed E-state index contributed by atoms with van der Waals surface area (Å²) in [7, 11) is 0. The number of para-hydroxylation sites is 1. The largest absolute Gasteiger partial charge is 0.380 e. The van der Waals surface area contributed by atoms with Crippen molar-refractivity contribution < 1.29 is 4.79 Å². The fraction of sp³-hybridized carbons (Fsp3) is 0.188. The molecule has 0 radical (unpaired) electrons. The molecular formula is C16H17N3O. The molecule has 2 aromatic carbocycles. The summed E-state index contributed by atoms with van der Waals surface area (Å²) in [5.41, 5.74) is 10.6. The summed E-state index contributed by atoms with van der Waals surface area (Å²) in [6.45, 7) is 2.56. The minimum absolute atomic E-state index is 0.411. The summed E-state index contributed by atoms with van der Waals surface area (Å²) in [5, 5.41) is 6.61. The second kappa shape index (κ2) is 5.35. The van der Waals surface area contributed by atoms with Gasteiger partial charge in [-0.1, -0.05) is 30.3 Å². The Morgan fingerprint density at radius 3 is 2.80 bits per heavy atom. The van der Waals surface area contributed by atoms with E-state index in [2.05, 4.69) is 28.8 Å². The molecule has 0 spiro atoms. The topological polar surface area (TPSA) is 67.2 Å². The molecular weight excluding hydrogens is 250 g/mol. The minimum Gasteiger partial charge on any atom is -0.380 e. The Labute approximate surface area is 118 Å². The number of rotatable bonds is 4. The lowest BCUT2D eigenvalue weighted by molar-refractivity contribution is 0.100. The van der Waals surface area contributed by atoms with Crippen molar-refractivity contribution in [2.75, 3.05) is 5.32 Å². The molecule has 1 heterocycles. The second-order valence-corrected chi connectivity index (χ2v) is 4.97. The third kappa shape index (κ3) is 2.51. The molecule has 4 nitrogen and oxygen atoms in total. The number of carbonyl (C=O) groups excluding carboxylic acids is 1. The van der Waals surface area contributed by atoms with Crippen molar-refractivity contribution in [2.24, 2.45) is 5.73 Å².